The number of benzene rings is 3. The van der Waals surface area contributed by atoms with Crippen molar-refractivity contribution < 1.29 is 13.9 Å². The molecule has 3 aromatic carbocycles. The maximum atomic E-state index is 13.6. The predicted octanol–water partition coefficient (Wildman–Crippen LogP) is 6.14. The molecule has 1 aliphatic heterocycles. The molecule has 3 atom stereocenters. The summed E-state index contributed by atoms with van der Waals surface area (Å²) in [5.74, 6) is 0.349. The number of ether oxygens (including phenoxy) is 1. The Balaban J connectivity index is 1.57. The molecule has 5 heteroatoms. The highest BCUT2D eigenvalue weighted by Gasteiger charge is 2.41. The van der Waals surface area contributed by atoms with Crippen LogP contribution in [-0.4, -0.2) is 18.6 Å². The number of aryl methyl sites for hydroxylation is 1. The first kappa shape index (κ1) is 20.4. The van der Waals surface area contributed by atoms with Crippen molar-refractivity contribution in [2.24, 2.45) is 10.9 Å². The second kappa shape index (κ2) is 8.23. The number of ketones is 1. The van der Waals surface area contributed by atoms with E-state index in [1.54, 1.807) is 19.2 Å². The quantitative estimate of drug-likeness (QED) is 0.545. The minimum atomic E-state index is -0.386. The lowest BCUT2D eigenvalue weighted by molar-refractivity contribution is -0.122. The average molecular weight is 429 g/mol. The molecule has 1 N–H and O–H groups in total. The van der Waals surface area contributed by atoms with Crippen LogP contribution in [0.4, 0.5) is 15.8 Å². The Hall–Kier alpha value is -3.47. The summed E-state index contributed by atoms with van der Waals surface area (Å²) in [5, 5.41) is 3.56. The van der Waals surface area contributed by atoms with E-state index < -0.39 is 0 Å². The standard InChI is InChI=1S/C27H25FN2O2/c1-16-3-12-22-23(13-16)30-27(18-4-8-20(28)9-5-18)26-24(29-22)14-19(15-25(26)31)17-6-10-21(32-2)11-7-17/h3-13,19,26-27,30H,14-15H2,1-2H3. The summed E-state index contributed by atoms with van der Waals surface area (Å²) >= 11 is 0. The van der Waals surface area contributed by atoms with Gasteiger partial charge in [-0.25, -0.2) is 4.39 Å². The Morgan fingerprint density at radius 2 is 1.69 bits per heavy atom. The molecule has 1 fully saturated rings. The lowest BCUT2D eigenvalue weighted by atomic mass is 9.72. The lowest BCUT2D eigenvalue weighted by Gasteiger charge is -2.34. The zero-order chi connectivity index (χ0) is 22.2. The molecule has 2 aliphatic rings. The van der Waals surface area contributed by atoms with Crippen molar-refractivity contribution in [3.8, 4) is 5.75 Å². The molecule has 0 bridgehead atoms. The Kier molecular flexibility index (Phi) is 5.25. The zero-order valence-electron chi connectivity index (χ0n) is 18.1. The number of Topliss-reactive ketones (excluding diaryl/α,β-unsaturated/α-hetero) is 1. The molecule has 3 aromatic rings. The van der Waals surface area contributed by atoms with Crippen molar-refractivity contribution in [1.82, 2.24) is 0 Å². The van der Waals surface area contributed by atoms with Gasteiger partial charge in [-0.15, -0.1) is 0 Å². The van der Waals surface area contributed by atoms with Crippen LogP contribution in [0.15, 0.2) is 71.7 Å². The number of aliphatic imine (C=N–C) groups is 1. The molecule has 4 nitrogen and oxygen atoms in total. The fourth-order valence-electron chi connectivity index (χ4n) is 4.83. The van der Waals surface area contributed by atoms with Crippen LogP contribution < -0.4 is 10.1 Å². The van der Waals surface area contributed by atoms with E-state index in [1.807, 2.05) is 43.3 Å². The molecule has 162 valence electrons. The van der Waals surface area contributed by atoms with Crippen molar-refractivity contribution in [1.29, 1.82) is 0 Å². The predicted molar refractivity (Wildman–Crippen MR) is 125 cm³/mol. The summed E-state index contributed by atoms with van der Waals surface area (Å²) in [6.45, 7) is 2.03. The lowest BCUT2D eigenvalue weighted by Crippen LogP contribution is -2.38. The van der Waals surface area contributed by atoms with Crippen molar-refractivity contribution in [2.75, 3.05) is 12.4 Å². The topological polar surface area (TPSA) is 50.7 Å². The van der Waals surface area contributed by atoms with E-state index in [9.17, 15) is 9.18 Å². The highest BCUT2D eigenvalue weighted by molar-refractivity contribution is 6.10. The Labute approximate surface area is 187 Å². The van der Waals surface area contributed by atoms with Gasteiger partial charge < -0.3 is 10.1 Å². The summed E-state index contributed by atoms with van der Waals surface area (Å²) in [5.41, 5.74) is 5.72. The normalized spacial score (nSPS) is 22.2. The van der Waals surface area contributed by atoms with E-state index in [0.29, 0.717) is 12.8 Å². The van der Waals surface area contributed by atoms with E-state index >= 15 is 0 Å². The molecular formula is C27H25FN2O2. The number of halogens is 1. The van der Waals surface area contributed by atoms with Crippen LogP contribution in [0.25, 0.3) is 0 Å². The number of rotatable bonds is 3. The van der Waals surface area contributed by atoms with Crippen molar-refractivity contribution in [3.05, 3.63) is 89.2 Å². The van der Waals surface area contributed by atoms with Crippen LogP contribution in [0.3, 0.4) is 0 Å². The minimum absolute atomic E-state index is 0.0734. The van der Waals surface area contributed by atoms with Gasteiger partial charge in [-0.05, 0) is 72.4 Å². The molecule has 1 heterocycles. The van der Waals surface area contributed by atoms with Crippen LogP contribution in [0.2, 0.25) is 0 Å². The Morgan fingerprint density at radius 1 is 0.969 bits per heavy atom. The van der Waals surface area contributed by atoms with Gasteiger partial charge >= 0.3 is 0 Å². The molecule has 0 spiro atoms. The summed E-state index contributed by atoms with van der Waals surface area (Å²) in [7, 11) is 1.64. The highest BCUT2D eigenvalue weighted by atomic mass is 19.1. The molecule has 0 radical (unpaired) electrons. The summed E-state index contributed by atoms with van der Waals surface area (Å²) in [4.78, 5) is 18.5. The highest BCUT2D eigenvalue weighted by Crippen LogP contribution is 2.44. The van der Waals surface area contributed by atoms with E-state index in [-0.39, 0.29) is 29.5 Å². The van der Waals surface area contributed by atoms with Gasteiger partial charge in [0, 0.05) is 12.1 Å². The molecule has 0 saturated heterocycles. The number of methoxy groups -OCH3 is 1. The molecular weight excluding hydrogens is 403 g/mol. The van der Waals surface area contributed by atoms with E-state index in [1.165, 1.54) is 12.1 Å². The first-order valence-corrected chi connectivity index (χ1v) is 10.9. The smallest absolute Gasteiger partial charge is 0.144 e. The third-order valence-electron chi connectivity index (χ3n) is 6.49. The monoisotopic (exact) mass is 428 g/mol. The average Bonchev–Trinajstić information content (AvgIpc) is 2.96. The molecule has 1 aliphatic carbocycles. The SMILES string of the molecule is COc1ccc(C2CC(=O)C3C(=Nc4ccc(C)cc4NC3c3ccc(F)cc3)C2)cc1. The van der Waals surface area contributed by atoms with Crippen LogP contribution >= 0.6 is 0 Å². The number of anilines is 1. The number of carbonyl (C=O) groups is 1. The number of nitrogens with zero attached hydrogens (tertiary/aromatic N) is 1. The maximum Gasteiger partial charge on any atom is 0.144 e. The number of hydrogen-bond acceptors (Lipinski definition) is 4. The third-order valence-corrected chi connectivity index (χ3v) is 6.49. The fourth-order valence-corrected chi connectivity index (χ4v) is 4.83. The van der Waals surface area contributed by atoms with Gasteiger partial charge in [-0.2, -0.15) is 0 Å². The van der Waals surface area contributed by atoms with Gasteiger partial charge in [0.15, 0.2) is 0 Å². The van der Waals surface area contributed by atoms with Crippen molar-refractivity contribution >= 4 is 22.9 Å². The second-order valence-electron chi connectivity index (χ2n) is 8.62. The first-order chi connectivity index (χ1) is 15.5. The van der Waals surface area contributed by atoms with Gasteiger partial charge in [0.25, 0.3) is 0 Å². The summed E-state index contributed by atoms with van der Waals surface area (Å²) in [6.07, 6.45) is 1.15. The van der Waals surface area contributed by atoms with E-state index in [4.69, 9.17) is 9.73 Å². The molecule has 0 amide bonds. The van der Waals surface area contributed by atoms with Crippen molar-refractivity contribution in [3.63, 3.8) is 0 Å². The summed E-state index contributed by atoms with van der Waals surface area (Å²) in [6, 6.07) is 20.1. The van der Waals surface area contributed by atoms with Gasteiger partial charge in [0.1, 0.15) is 17.3 Å². The molecule has 3 unspecified atom stereocenters. The number of fused-ring (bicyclic) bond motifs is 2. The summed E-state index contributed by atoms with van der Waals surface area (Å²) < 4.78 is 18.9. The van der Waals surface area contributed by atoms with Gasteiger partial charge in [-0.3, -0.25) is 9.79 Å². The Morgan fingerprint density at radius 3 is 2.41 bits per heavy atom. The van der Waals surface area contributed by atoms with Crippen LogP contribution in [0, 0.1) is 18.7 Å². The number of nitrogens with one attached hydrogen (secondary N) is 1. The number of hydrogen-bond donors (Lipinski definition) is 1. The molecule has 1 saturated carbocycles. The molecule has 0 aromatic heterocycles. The second-order valence-corrected chi connectivity index (χ2v) is 8.62. The zero-order valence-corrected chi connectivity index (χ0v) is 18.1. The van der Waals surface area contributed by atoms with Crippen LogP contribution in [0.5, 0.6) is 5.75 Å². The van der Waals surface area contributed by atoms with Gasteiger partial charge in [0.05, 0.1) is 30.4 Å². The van der Waals surface area contributed by atoms with E-state index in [0.717, 1.165) is 39.5 Å². The number of carbonyl (C=O) groups excluding carboxylic acids is 1. The van der Waals surface area contributed by atoms with Crippen molar-refractivity contribution in [2.45, 2.75) is 31.7 Å². The fraction of sp³-hybridized carbons (Fsp3) is 0.259. The first-order valence-electron chi connectivity index (χ1n) is 10.9. The van der Waals surface area contributed by atoms with Gasteiger partial charge in [0.2, 0.25) is 0 Å². The van der Waals surface area contributed by atoms with Gasteiger partial charge in [-0.1, -0.05) is 30.3 Å². The minimum Gasteiger partial charge on any atom is -0.497 e. The third kappa shape index (κ3) is 3.79. The Bertz CT molecular complexity index is 1190. The van der Waals surface area contributed by atoms with E-state index in [2.05, 4.69) is 11.4 Å². The molecule has 32 heavy (non-hydrogen) atoms. The maximum absolute atomic E-state index is 13.6. The van der Waals surface area contributed by atoms with Crippen LogP contribution in [-0.2, 0) is 4.79 Å². The largest absolute Gasteiger partial charge is 0.497 e. The molecule has 5 rings (SSSR count). The van der Waals surface area contributed by atoms with Crippen LogP contribution in [0.1, 0.15) is 41.5 Å².